The third kappa shape index (κ3) is 3.35. The van der Waals surface area contributed by atoms with Crippen LogP contribution in [0.3, 0.4) is 0 Å². The van der Waals surface area contributed by atoms with Crippen molar-refractivity contribution in [2.24, 2.45) is 0 Å². The van der Waals surface area contributed by atoms with Crippen molar-refractivity contribution in [1.82, 2.24) is 0 Å². The summed E-state index contributed by atoms with van der Waals surface area (Å²) < 4.78 is 5.26. The molecular formula is C12H18OS. The summed E-state index contributed by atoms with van der Waals surface area (Å²) in [5, 5.41) is 0. The van der Waals surface area contributed by atoms with E-state index in [-0.39, 0.29) is 5.41 Å². The molecule has 1 rings (SSSR count). The number of rotatable bonds is 3. The Hall–Kier alpha value is -0.470. The van der Waals surface area contributed by atoms with Gasteiger partial charge in [-0.3, -0.25) is 0 Å². The van der Waals surface area contributed by atoms with E-state index in [2.05, 4.69) is 45.0 Å². The van der Waals surface area contributed by atoms with E-state index in [0.717, 1.165) is 6.61 Å². The van der Waals surface area contributed by atoms with Gasteiger partial charge in [0.1, 0.15) is 0 Å². The maximum Gasteiger partial charge on any atom is 0.0590 e. The van der Waals surface area contributed by atoms with Crippen LogP contribution in [0.4, 0.5) is 0 Å². The highest BCUT2D eigenvalue weighted by Gasteiger charge is 2.12. The van der Waals surface area contributed by atoms with Crippen molar-refractivity contribution in [2.45, 2.75) is 38.0 Å². The molecular weight excluding hydrogens is 192 g/mol. The highest BCUT2D eigenvalue weighted by Crippen LogP contribution is 2.25. The molecule has 0 bridgehead atoms. The van der Waals surface area contributed by atoms with Crippen LogP contribution in [0, 0.1) is 0 Å². The lowest BCUT2D eigenvalue weighted by molar-refractivity contribution is 0.402. The van der Waals surface area contributed by atoms with Gasteiger partial charge in [-0.2, -0.15) is 0 Å². The lowest BCUT2D eigenvalue weighted by Crippen LogP contribution is -2.10. The molecule has 0 aliphatic rings. The molecule has 78 valence electrons. The zero-order valence-corrected chi connectivity index (χ0v) is 10.1. The third-order valence-electron chi connectivity index (χ3n) is 1.99. The van der Waals surface area contributed by atoms with Gasteiger partial charge in [-0.25, -0.2) is 0 Å². The first-order chi connectivity index (χ1) is 6.54. The summed E-state index contributed by atoms with van der Waals surface area (Å²) in [5.74, 6) is 0. The van der Waals surface area contributed by atoms with Gasteiger partial charge in [0.25, 0.3) is 0 Å². The van der Waals surface area contributed by atoms with Crippen LogP contribution in [0.25, 0.3) is 0 Å². The van der Waals surface area contributed by atoms with Crippen LogP contribution in [0.5, 0.6) is 0 Å². The summed E-state index contributed by atoms with van der Waals surface area (Å²) in [6.07, 6.45) is 0. The van der Waals surface area contributed by atoms with Gasteiger partial charge >= 0.3 is 0 Å². The first-order valence-electron chi connectivity index (χ1n) is 4.94. The molecule has 1 nitrogen and oxygen atoms in total. The largest absolute Gasteiger partial charge is 0.311 e. The van der Waals surface area contributed by atoms with Gasteiger partial charge in [0.05, 0.1) is 6.61 Å². The molecule has 1 aromatic carbocycles. The lowest BCUT2D eigenvalue weighted by atomic mass is 9.87. The van der Waals surface area contributed by atoms with E-state index in [4.69, 9.17) is 4.18 Å². The summed E-state index contributed by atoms with van der Waals surface area (Å²) in [5.41, 5.74) is 1.59. The minimum atomic E-state index is 0.231. The topological polar surface area (TPSA) is 9.23 Å². The summed E-state index contributed by atoms with van der Waals surface area (Å²) >= 11 is 1.44. The quantitative estimate of drug-likeness (QED) is 0.697. The maximum atomic E-state index is 5.26. The Bertz CT molecular complexity index is 271. The monoisotopic (exact) mass is 210 g/mol. The second kappa shape index (κ2) is 4.85. The third-order valence-corrected chi connectivity index (χ3v) is 2.81. The fourth-order valence-corrected chi connectivity index (χ4v) is 1.64. The van der Waals surface area contributed by atoms with Crippen molar-refractivity contribution in [3.63, 3.8) is 0 Å². The molecule has 0 N–H and O–H groups in total. The predicted molar refractivity (Wildman–Crippen MR) is 62.6 cm³/mol. The number of hydrogen-bond acceptors (Lipinski definition) is 2. The summed E-state index contributed by atoms with van der Waals surface area (Å²) in [7, 11) is 0. The molecule has 0 radical (unpaired) electrons. The standard InChI is InChI=1S/C12H18OS/c1-5-13-14-11-8-6-10(7-9-11)12(2,3)4/h6-9H,5H2,1-4H3. The normalized spacial score (nSPS) is 11.7. The Balaban J connectivity index is 2.69. The summed E-state index contributed by atoms with van der Waals surface area (Å²) in [4.78, 5) is 1.17. The van der Waals surface area contributed by atoms with E-state index >= 15 is 0 Å². The molecule has 0 spiro atoms. The molecule has 0 aliphatic heterocycles. The molecule has 1 aromatic rings. The Kier molecular flexibility index (Phi) is 4.02. The molecule has 0 fully saturated rings. The van der Waals surface area contributed by atoms with Gasteiger partial charge in [0, 0.05) is 16.9 Å². The Morgan fingerprint density at radius 1 is 1.14 bits per heavy atom. The minimum absolute atomic E-state index is 0.231. The minimum Gasteiger partial charge on any atom is -0.311 e. The van der Waals surface area contributed by atoms with Gasteiger partial charge < -0.3 is 4.18 Å². The molecule has 0 unspecified atom stereocenters. The molecule has 14 heavy (non-hydrogen) atoms. The van der Waals surface area contributed by atoms with Gasteiger partial charge in [0.2, 0.25) is 0 Å². The molecule has 0 atom stereocenters. The number of benzene rings is 1. The zero-order valence-electron chi connectivity index (χ0n) is 9.33. The smallest absolute Gasteiger partial charge is 0.0590 e. The average molecular weight is 210 g/mol. The molecule has 2 heteroatoms. The van der Waals surface area contributed by atoms with Gasteiger partial charge in [0.15, 0.2) is 0 Å². The molecule has 0 aliphatic carbocycles. The van der Waals surface area contributed by atoms with Crippen LogP contribution in [0.2, 0.25) is 0 Å². The van der Waals surface area contributed by atoms with Gasteiger partial charge in [-0.1, -0.05) is 32.9 Å². The van der Waals surface area contributed by atoms with Gasteiger partial charge in [-0.05, 0) is 30.0 Å². The average Bonchev–Trinajstić information content (AvgIpc) is 2.14. The van der Waals surface area contributed by atoms with E-state index in [1.54, 1.807) is 0 Å². The van der Waals surface area contributed by atoms with Crippen LogP contribution in [0.1, 0.15) is 33.3 Å². The second-order valence-corrected chi connectivity index (χ2v) is 5.14. The Morgan fingerprint density at radius 3 is 2.14 bits per heavy atom. The lowest BCUT2D eigenvalue weighted by Gasteiger charge is -2.18. The highest BCUT2D eigenvalue weighted by molar-refractivity contribution is 7.94. The zero-order chi connectivity index (χ0) is 10.6. The summed E-state index contributed by atoms with van der Waals surface area (Å²) in [6, 6.07) is 8.56. The molecule has 0 heterocycles. The van der Waals surface area contributed by atoms with Crippen LogP contribution < -0.4 is 0 Å². The van der Waals surface area contributed by atoms with Crippen molar-refractivity contribution in [3.05, 3.63) is 29.8 Å². The van der Waals surface area contributed by atoms with Crippen molar-refractivity contribution in [1.29, 1.82) is 0 Å². The van der Waals surface area contributed by atoms with Crippen molar-refractivity contribution >= 4 is 12.0 Å². The first-order valence-corrected chi connectivity index (χ1v) is 5.68. The Morgan fingerprint density at radius 2 is 1.71 bits per heavy atom. The SMILES string of the molecule is CCOSc1ccc(C(C)(C)C)cc1. The van der Waals surface area contributed by atoms with E-state index in [1.807, 2.05) is 6.92 Å². The van der Waals surface area contributed by atoms with E-state index in [1.165, 1.54) is 22.5 Å². The van der Waals surface area contributed by atoms with Crippen molar-refractivity contribution in [2.75, 3.05) is 6.61 Å². The predicted octanol–water partition coefficient (Wildman–Crippen LogP) is 4.03. The van der Waals surface area contributed by atoms with E-state index in [0.29, 0.717) is 0 Å². The molecule has 0 amide bonds. The van der Waals surface area contributed by atoms with Crippen LogP contribution in [-0.4, -0.2) is 6.61 Å². The van der Waals surface area contributed by atoms with Crippen molar-refractivity contribution < 1.29 is 4.18 Å². The van der Waals surface area contributed by atoms with Crippen LogP contribution >= 0.6 is 12.0 Å². The number of hydrogen-bond donors (Lipinski definition) is 0. The fraction of sp³-hybridized carbons (Fsp3) is 0.500. The van der Waals surface area contributed by atoms with Crippen LogP contribution in [0.15, 0.2) is 29.2 Å². The van der Waals surface area contributed by atoms with E-state index in [9.17, 15) is 0 Å². The maximum absolute atomic E-state index is 5.26. The first kappa shape index (κ1) is 11.6. The molecule has 0 saturated carbocycles. The van der Waals surface area contributed by atoms with Crippen molar-refractivity contribution in [3.8, 4) is 0 Å². The van der Waals surface area contributed by atoms with E-state index < -0.39 is 0 Å². The highest BCUT2D eigenvalue weighted by atomic mass is 32.2. The molecule has 0 saturated heterocycles. The van der Waals surface area contributed by atoms with Crippen LogP contribution in [-0.2, 0) is 9.60 Å². The Labute approximate surface area is 91.1 Å². The molecule has 0 aromatic heterocycles. The fourth-order valence-electron chi connectivity index (χ4n) is 1.14. The van der Waals surface area contributed by atoms with Gasteiger partial charge in [-0.15, -0.1) is 0 Å². The second-order valence-electron chi connectivity index (χ2n) is 4.26. The summed E-state index contributed by atoms with van der Waals surface area (Å²) in [6.45, 7) is 9.40.